The molecule has 0 unspecified atom stereocenters. The molecule has 1 saturated heterocycles. The first kappa shape index (κ1) is 17.8. The minimum Gasteiger partial charge on any atom is -0.394 e. The number of hydrogen-bond donors (Lipinski definition) is 3. The van der Waals surface area contributed by atoms with Gasteiger partial charge in [0.25, 0.3) is 0 Å². The van der Waals surface area contributed by atoms with Crippen LogP contribution in [0.25, 0.3) is 22.8 Å². The highest BCUT2D eigenvalue weighted by molar-refractivity contribution is 5.75. The molecule has 142 valence electrons. The molecular weight excluding hydrogens is 358 g/mol. The molecule has 0 bridgehead atoms. The van der Waals surface area contributed by atoms with Gasteiger partial charge >= 0.3 is 0 Å². The smallest absolute Gasteiger partial charge is 0.159 e. The van der Waals surface area contributed by atoms with Crippen molar-refractivity contribution in [1.29, 1.82) is 0 Å². The SMILES string of the molecule is OC[C@H]1OCC[C@H](n2cnc(-c3ccc(F)c(F)c3)c2-c2ncc[nH]2)[C@@H]1O. The molecule has 1 fully saturated rings. The van der Waals surface area contributed by atoms with E-state index in [0.717, 1.165) is 12.1 Å². The predicted octanol–water partition coefficient (Wildman–Crippen LogP) is 1.90. The molecule has 1 aliphatic rings. The summed E-state index contributed by atoms with van der Waals surface area (Å²) < 4.78 is 34.2. The third kappa shape index (κ3) is 3.14. The van der Waals surface area contributed by atoms with Crippen molar-refractivity contribution >= 4 is 0 Å². The Hall–Kier alpha value is -2.62. The van der Waals surface area contributed by atoms with E-state index < -0.39 is 29.9 Å². The monoisotopic (exact) mass is 376 g/mol. The number of aromatic amines is 1. The van der Waals surface area contributed by atoms with Crippen LogP contribution in [0.15, 0.2) is 36.9 Å². The zero-order valence-corrected chi connectivity index (χ0v) is 14.2. The number of aliphatic hydroxyl groups is 2. The predicted molar refractivity (Wildman–Crippen MR) is 91.6 cm³/mol. The minimum absolute atomic E-state index is 0.307. The Morgan fingerprint density at radius 3 is 2.81 bits per heavy atom. The van der Waals surface area contributed by atoms with Gasteiger partial charge in [-0.3, -0.25) is 0 Å². The first-order valence-corrected chi connectivity index (χ1v) is 8.52. The largest absolute Gasteiger partial charge is 0.394 e. The Morgan fingerprint density at radius 2 is 2.11 bits per heavy atom. The van der Waals surface area contributed by atoms with Crippen LogP contribution < -0.4 is 0 Å². The summed E-state index contributed by atoms with van der Waals surface area (Å²) in [7, 11) is 0. The summed E-state index contributed by atoms with van der Waals surface area (Å²) in [5.74, 6) is -1.44. The molecule has 3 N–H and O–H groups in total. The molecule has 0 amide bonds. The Bertz CT molecular complexity index is 929. The van der Waals surface area contributed by atoms with Crippen LogP contribution in [-0.4, -0.2) is 55.2 Å². The fourth-order valence-corrected chi connectivity index (χ4v) is 3.42. The summed E-state index contributed by atoms with van der Waals surface area (Å²) in [5, 5.41) is 20.0. The molecule has 2 aromatic heterocycles. The Kier molecular flexibility index (Phi) is 4.73. The number of rotatable bonds is 4. The number of ether oxygens (including phenoxy) is 1. The fourth-order valence-electron chi connectivity index (χ4n) is 3.42. The van der Waals surface area contributed by atoms with E-state index in [9.17, 15) is 19.0 Å². The van der Waals surface area contributed by atoms with Crippen LogP contribution in [-0.2, 0) is 4.74 Å². The van der Waals surface area contributed by atoms with Gasteiger partial charge < -0.3 is 24.5 Å². The van der Waals surface area contributed by atoms with Gasteiger partial charge in [0.05, 0.1) is 24.7 Å². The maximum absolute atomic E-state index is 13.7. The van der Waals surface area contributed by atoms with Crippen molar-refractivity contribution in [3.8, 4) is 22.8 Å². The van der Waals surface area contributed by atoms with Gasteiger partial charge in [-0.05, 0) is 24.6 Å². The van der Waals surface area contributed by atoms with Crippen molar-refractivity contribution in [1.82, 2.24) is 19.5 Å². The molecule has 1 aliphatic heterocycles. The summed E-state index contributed by atoms with van der Waals surface area (Å²) in [6.07, 6.45) is 3.57. The van der Waals surface area contributed by atoms with Crippen LogP contribution >= 0.6 is 0 Å². The number of aliphatic hydroxyl groups excluding tert-OH is 2. The van der Waals surface area contributed by atoms with Gasteiger partial charge in [0, 0.05) is 24.6 Å². The first-order chi connectivity index (χ1) is 13.1. The number of H-pyrrole nitrogens is 1. The number of nitrogens with one attached hydrogen (secondary N) is 1. The number of imidazole rings is 2. The second kappa shape index (κ2) is 7.18. The second-order valence-corrected chi connectivity index (χ2v) is 6.35. The molecule has 3 aromatic rings. The number of aromatic nitrogens is 4. The van der Waals surface area contributed by atoms with Crippen molar-refractivity contribution in [2.24, 2.45) is 0 Å². The van der Waals surface area contributed by atoms with Crippen molar-refractivity contribution in [3.05, 3.63) is 48.6 Å². The molecule has 7 nitrogen and oxygen atoms in total. The average Bonchev–Trinajstić information content (AvgIpc) is 3.33. The van der Waals surface area contributed by atoms with Crippen molar-refractivity contribution < 1.29 is 23.7 Å². The summed E-state index contributed by atoms with van der Waals surface area (Å²) in [6, 6.07) is 3.14. The Balaban J connectivity index is 1.84. The molecule has 1 aromatic carbocycles. The van der Waals surface area contributed by atoms with Crippen molar-refractivity contribution in [2.45, 2.75) is 24.7 Å². The topological polar surface area (TPSA) is 96.2 Å². The average molecular weight is 376 g/mol. The normalized spacial score (nSPS) is 22.9. The van der Waals surface area contributed by atoms with Gasteiger partial charge in [-0.25, -0.2) is 18.7 Å². The molecule has 3 atom stereocenters. The van der Waals surface area contributed by atoms with Crippen LogP contribution in [0.5, 0.6) is 0 Å². The van der Waals surface area contributed by atoms with Gasteiger partial charge in [0.2, 0.25) is 0 Å². The molecule has 0 aliphatic carbocycles. The van der Waals surface area contributed by atoms with Gasteiger partial charge in [-0.15, -0.1) is 0 Å². The van der Waals surface area contributed by atoms with Crippen LogP contribution in [0.1, 0.15) is 12.5 Å². The molecule has 0 saturated carbocycles. The summed E-state index contributed by atoms with van der Waals surface area (Å²) in [5.41, 5.74) is 1.33. The van der Waals surface area contributed by atoms with Crippen molar-refractivity contribution in [2.75, 3.05) is 13.2 Å². The number of benzene rings is 1. The van der Waals surface area contributed by atoms with Gasteiger partial charge in [-0.2, -0.15) is 0 Å². The van der Waals surface area contributed by atoms with E-state index in [1.165, 1.54) is 12.4 Å². The zero-order chi connectivity index (χ0) is 19.0. The van der Waals surface area contributed by atoms with Crippen LogP contribution in [0.2, 0.25) is 0 Å². The maximum atomic E-state index is 13.7. The summed E-state index contributed by atoms with van der Waals surface area (Å²) >= 11 is 0. The fraction of sp³-hybridized carbons (Fsp3) is 0.333. The van der Waals surface area contributed by atoms with E-state index in [1.54, 1.807) is 17.0 Å². The Labute approximate surface area is 153 Å². The lowest BCUT2D eigenvalue weighted by atomic mass is 9.99. The van der Waals surface area contributed by atoms with Gasteiger partial charge in [-0.1, -0.05) is 0 Å². The molecule has 4 rings (SSSR count). The van der Waals surface area contributed by atoms with E-state index in [4.69, 9.17) is 4.74 Å². The molecule has 27 heavy (non-hydrogen) atoms. The molecule has 9 heteroatoms. The van der Waals surface area contributed by atoms with E-state index in [-0.39, 0.29) is 6.61 Å². The second-order valence-electron chi connectivity index (χ2n) is 6.35. The highest BCUT2D eigenvalue weighted by atomic mass is 19.2. The third-order valence-electron chi connectivity index (χ3n) is 4.77. The maximum Gasteiger partial charge on any atom is 0.159 e. The van der Waals surface area contributed by atoms with Crippen LogP contribution in [0.4, 0.5) is 8.78 Å². The number of halogens is 2. The lowest BCUT2D eigenvalue weighted by Crippen LogP contribution is -2.44. The summed E-state index contributed by atoms with van der Waals surface area (Å²) in [4.78, 5) is 11.6. The zero-order valence-electron chi connectivity index (χ0n) is 14.2. The highest BCUT2D eigenvalue weighted by Crippen LogP contribution is 2.35. The number of hydrogen-bond acceptors (Lipinski definition) is 5. The van der Waals surface area contributed by atoms with E-state index in [1.807, 2.05) is 0 Å². The van der Waals surface area contributed by atoms with Crippen LogP contribution in [0, 0.1) is 11.6 Å². The molecule has 3 heterocycles. The van der Waals surface area contributed by atoms with E-state index in [2.05, 4.69) is 15.0 Å². The lowest BCUT2D eigenvalue weighted by Gasteiger charge is -2.35. The van der Waals surface area contributed by atoms with E-state index >= 15 is 0 Å². The quantitative estimate of drug-likeness (QED) is 0.646. The third-order valence-corrected chi connectivity index (χ3v) is 4.77. The molecular formula is C18H18F2N4O3. The molecule has 0 radical (unpaired) electrons. The minimum atomic E-state index is -0.973. The van der Waals surface area contributed by atoms with E-state index in [0.29, 0.717) is 35.8 Å². The first-order valence-electron chi connectivity index (χ1n) is 8.52. The Morgan fingerprint density at radius 1 is 1.26 bits per heavy atom. The standard InChI is InChI=1S/C18H18F2N4O3/c19-11-2-1-10(7-12(11)20)15-16(18-21-4-5-22-18)24(9-23-15)13-3-6-27-14(8-25)17(13)26/h1-2,4-5,7,9,13-14,17,25-26H,3,6,8H2,(H,21,22)/t13-,14+,17-/m0/s1. The van der Waals surface area contributed by atoms with Crippen LogP contribution in [0.3, 0.4) is 0 Å². The highest BCUT2D eigenvalue weighted by Gasteiger charge is 2.35. The molecule has 0 spiro atoms. The van der Waals surface area contributed by atoms with Gasteiger partial charge in [0.15, 0.2) is 17.5 Å². The van der Waals surface area contributed by atoms with Crippen molar-refractivity contribution in [3.63, 3.8) is 0 Å². The lowest BCUT2D eigenvalue weighted by molar-refractivity contribution is -0.117. The number of nitrogens with zero attached hydrogens (tertiary/aromatic N) is 3. The van der Waals surface area contributed by atoms with Gasteiger partial charge in [0.1, 0.15) is 17.9 Å². The summed E-state index contributed by atoms with van der Waals surface area (Å²) in [6.45, 7) is 0.0573.